The first-order valence-corrected chi connectivity index (χ1v) is 3.05. The lowest BCUT2D eigenvalue weighted by molar-refractivity contribution is 0.194. The Labute approximate surface area is 55.7 Å². The smallest absolute Gasteiger partial charge is 0.0587 e. The number of methoxy groups -OCH3 is 1. The van der Waals surface area contributed by atoms with Gasteiger partial charge in [0.2, 0.25) is 0 Å². The number of hydrogen-bond acceptors (Lipinski definition) is 4. The molecule has 0 heterocycles. The summed E-state index contributed by atoms with van der Waals surface area (Å²) in [5.41, 5.74) is 2.49. The van der Waals surface area contributed by atoms with Crippen molar-refractivity contribution in [3.63, 3.8) is 0 Å². The van der Waals surface area contributed by atoms with Gasteiger partial charge in [0.25, 0.3) is 0 Å². The number of nitrogens with one attached hydrogen (secondary N) is 2. The molecule has 56 valence electrons. The molecule has 0 fully saturated rings. The van der Waals surface area contributed by atoms with E-state index in [1.165, 1.54) is 0 Å². The predicted molar refractivity (Wildman–Crippen MR) is 36.7 cm³/mol. The summed E-state index contributed by atoms with van der Waals surface area (Å²) in [4.78, 5) is 0. The molecule has 0 bridgehead atoms. The molecule has 0 saturated heterocycles. The fraction of sp³-hybridized carbons (Fsp3) is 1.00. The second-order valence-corrected chi connectivity index (χ2v) is 1.73. The highest BCUT2D eigenvalue weighted by Gasteiger charge is 1.83. The Morgan fingerprint density at radius 1 is 1.56 bits per heavy atom. The average Bonchev–Trinajstić information content (AvgIpc) is 1.89. The first-order valence-electron chi connectivity index (χ1n) is 3.05. The molecule has 0 rings (SSSR count). The third-order valence-electron chi connectivity index (χ3n) is 0.929. The van der Waals surface area contributed by atoms with Crippen LogP contribution in [0.15, 0.2) is 0 Å². The number of ether oxygens (including phenoxy) is 1. The van der Waals surface area contributed by atoms with E-state index in [1.807, 2.05) is 0 Å². The minimum Gasteiger partial charge on any atom is -0.385 e. The molecule has 0 aliphatic heterocycles. The van der Waals surface area contributed by atoms with Crippen molar-refractivity contribution in [2.75, 3.05) is 26.9 Å². The maximum Gasteiger partial charge on any atom is 0.0587 e. The van der Waals surface area contributed by atoms with E-state index in [2.05, 4.69) is 10.7 Å². The van der Waals surface area contributed by atoms with Gasteiger partial charge in [0.1, 0.15) is 0 Å². The van der Waals surface area contributed by atoms with Crippen LogP contribution in [0, 0.1) is 0 Å². The standard InChI is InChI=1S/C5H15N3O/c1-9-4-2-3-7-5-8-6/h7-8H,2-6H2,1H3. The number of nitrogens with two attached hydrogens (primary N) is 1. The summed E-state index contributed by atoms with van der Waals surface area (Å²) in [6.45, 7) is 2.40. The van der Waals surface area contributed by atoms with Crippen LogP contribution in [0.4, 0.5) is 0 Å². The van der Waals surface area contributed by atoms with Crippen LogP contribution in [0.2, 0.25) is 0 Å². The van der Waals surface area contributed by atoms with Crippen molar-refractivity contribution < 1.29 is 4.74 Å². The molecule has 0 atom stereocenters. The molecule has 4 heteroatoms. The summed E-state index contributed by atoms with van der Waals surface area (Å²) in [6.07, 6.45) is 1.03. The summed E-state index contributed by atoms with van der Waals surface area (Å²) >= 11 is 0. The minimum atomic E-state index is 0.656. The lowest BCUT2D eigenvalue weighted by Gasteiger charge is -2.01. The molecule has 0 unspecified atom stereocenters. The number of rotatable bonds is 6. The Kier molecular flexibility index (Phi) is 7.70. The Morgan fingerprint density at radius 2 is 2.33 bits per heavy atom. The highest BCUT2D eigenvalue weighted by atomic mass is 16.5. The van der Waals surface area contributed by atoms with Crippen LogP contribution in [0.25, 0.3) is 0 Å². The zero-order valence-corrected chi connectivity index (χ0v) is 5.81. The third-order valence-corrected chi connectivity index (χ3v) is 0.929. The molecule has 4 nitrogen and oxygen atoms in total. The van der Waals surface area contributed by atoms with Gasteiger partial charge in [-0.05, 0) is 13.0 Å². The zero-order chi connectivity index (χ0) is 6.95. The minimum absolute atomic E-state index is 0.656. The lowest BCUT2D eigenvalue weighted by Crippen LogP contribution is -2.34. The summed E-state index contributed by atoms with van der Waals surface area (Å²) in [6, 6.07) is 0. The van der Waals surface area contributed by atoms with Crippen molar-refractivity contribution in [3.8, 4) is 0 Å². The molecule has 0 radical (unpaired) electrons. The van der Waals surface area contributed by atoms with Gasteiger partial charge in [-0.3, -0.25) is 5.84 Å². The van der Waals surface area contributed by atoms with Crippen LogP contribution in [0.5, 0.6) is 0 Å². The SMILES string of the molecule is COCCCNCNN. The first-order chi connectivity index (χ1) is 4.41. The van der Waals surface area contributed by atoms with Crippen LogP contribution in [-0.4, -0.2) is 26.9 Å². The van der Waals surface area contributed by atoms with Crippen molar-refractivity contribution in [1.82, 2.24) is 10.7 Å². The normalized spacial score (nSPS) is 10.0. The fourth-order valence-electron chi connectivity index (χ4n) is 0.502. The van der Waals surface area contributed by atoms with Gasteiger partial charge in [-0.1, -0.05) is 0 Å². The van der Waals surface area contributed by atoms with Gasteiger partial charge in [-0.2, -0.15) is 0 Å². The van der Waals surface area contributed by atoms with E-state index >= 15 is 0 Å². The van der Waals surface area contributed by atoms with E-state index in [4.69, 9.17) is 10.6 Å². The fourth-order valence-corrected chi connectivity index (χ4v) is 0.502. The highest BCUT2D eigenvalue weighted by Crippen LogP contribution is 1.74. The van der Waals surface area contributed by atoms with E-state index in [9.17, 15) is 0 Å². The van der Waals surface area contributed by atoms with Crippen molar-refractivity contribution in [3.05, 3.63) is 0 Å². The predicted octanol–water partition coefficient (Wildman–Crippen LogP) is -0.967. The summed E-state index contributed by atoms with van der Waals surface area (Å²) < 4.78 is 4.83. The molecule has 0 aromatic carbocycles. The van der Waals surface area contributed by atoms with Gasteiger partial charge in [-0.15, -0.1) is 0 Å². The molecule has 0 aromatic rings. The molecule has 0 spiro atoms. The van der Waals surface area contributed by atoms with Crippen LogP contribution >= 0.6 is 0 Å². The van der Waals surface area contributed by atoms with E-state index in [0.717, 1.165) is 19.6 Å². The van der Waals surface area contributed by atoms with Gasteiger partial charge in [0.15, 0.2) is 0 Å². The Hall–Kier alpha value is -0.160. The van der Waals surface area contributed by atoms with E-state index in [0.29, 0.717) is 6.67 Å². The topological polar surface area (TPSA) is 59.3 Å². The second-order valence-electron chi connectivity index (χ2n) is 1.73. The van der Waals surface area contributed by atoms with Crippen molar-refractivity contribution in [1.29, 1.82) is 0 Å². The Morgan fingerprint density at radius 3 is 2.89 bits per heavy atom. The van der Waals surface area contributed by atoms with E-state index in [-0.39, 0.29) is 0 Å². The maximum atomic E-state index is 5.00. The van der Waals surface area contributed by atoms with E-state index in [1.54, 1.807) is 7.11 Å². The largest absolute Gasteiger partial charge is 0.385 e. The average molecular weight is 133 g/mol. The van der Waals surface area contributed by atoms with Crippen LogP contribution in [0.1, 0.15) is 6.42 Å². The quantitative estimate of drug-likeness (QED) is 0.189. The Bertz CT molecular complexity index is 45.5. The maximum absolute atomic E-state index is 5.00. The molecule has 0 amide bonds. The molecular weight excluding hydrogens is 118 g/mol. The summed E-state index contributed by atoms with van der Waals surface area (Å²) in [5.74, 6) is 5.00. The number of hydrazine groups is 1. The third kappa shape index (κ3) is 7.84. The number of hydrogen-bond donors (Lipinski definition) is 3. The summed E-state index contributed by atoms with van der Waals surface area (Å²) in [5, 5.41) is 3.05. The Balaban J connectivity index is 2.60. The molecule has 9 heavy (non-hydrogen) atoms. The lowest BCUT2D eigenvalue weighted by atomic mass is 10.4. The van der Waals surface area contributed by atoms with Crippen LogP contribution in [-0.2, 0) is 4.74 Å². The van der Waals surface area contributed by atoms with Gasteiger partial charge >= 0.3 is 0 Å². The van der Waals surface area contributed by atoms with Crippen molar-refractivity contribution in [2.45, 2.75) is 6.42 Å². The molecule has 4 N–H and O–H groups in total. The van der Waals surface area contributed by atoms with Gasteiger partial charge < -0.3 is 10.1 Å². The molecule has 0 aromatic heterocycles. The van der Waals surface area contributed by atoms with Crippen LogP contribution < -0.4 is 16.6 Å². The zero-order valence-electron chi connectivity index (χ0n) is 5.81. The van der Waals surface area contributed by atoms with Gasteiger partial charge in [0, 0.05) is 13.7 Å². The van der Waals surface area contributed by atoms with E-state index < -0.39 is 0 Å². The molecule has 0 aliphatic carbocycles. The second kappa shape index (κ2) is 7.84. The molecule has 0 saturated carbocycles. The van der Waals surface area contributed by atoms with Crippen molar-refractivity contribution in [2.24, 2.45) is 5.84 Å². The monoisotopic (exact) mass is 133 g/mol. The first kappa shape index (κ1) is 8.84. The molecular formula is C5H15N3O. The highest BCUT2D eigenvalue weighted by molar-refractivity contribution is 4.41. The molecule has 0 aliphatic rings. The van der Waals surface area contributed by atoms with Gasteiger partial charge in [-0.25, -0.2) is 5.43 Å². The van der Waals surface area contributed by atoms with Gasteiger partial charge in [0.05, 0.1) is 6.67 Å². The van der Waals surface area contributed by atoms with Crippen molar-refractivity contribution >= 4 is 0 Å². The summed E-state index contributed by atoms with van der Waals surface area (Å²) in [7, 11) is 1.70. The van der Waals surface area contributed by atoms with Crippen LogP contribution in [0.3, 0.4) is 0 Å².